The summed E-state index contributed by atoms with van der Waals surface area (Å²) in [5.74, 6) is 1.73. The number of benzene rings is 1. The first-order valence-corrected chi connectivity index (χ1v) is 8.21. The Hall–Kier alpha value is -0.730. The Morgan fingerprint density at radius 3 is 2.85 bits per heavy atom. The zero-order valence-electron chi connectivity index (χ0n) is 12.8. The number of ether oxygens (including phenoxy) is 1. The summed E-state index contributed by atoms with van der Waals surface area (Å²) >= 11 is 6.25. The Kier molecular flexibility index (Phi) is 5.74. The monoisotopic (exact) mass is 295 g/mol. The van der Waals surface area contributed by atoms with Crippen molar-refractivity contribution in [2.24, 2.45) is 5.92 Å². The van der Waals surface area contributed by atoms with Gasteiger partial charge in [-0.3, -0.25) is 0 Å². The summed E-state index contributed by atoms with van der Waals surface area (Å²) in [5.41, 5.74) is 2.53. The summed E-state index contributed by atoms with van der Waals surface area (Å²) in [7, 11) is 0. The smallest absolute Gasteiger partial charge is 0.125 e. The molecule has 1 aromatic carbocycles. The molecular formula is C17H26ClNO. The molecule has 0 spiro atoms. The van der Waals surface area contributed by atoms with Crippen LogP contribution in [0.3, 0.4) is 0 Å². The quantitative estimate of drug-likeness (QED) is 0.813. The fourth-order valence-electron chi connectivity index (χ4n) is 2.82. The van der Waals surface area contributed by atoms with Crippen LogP contribution >= 0.6 is 11.6 Å². The summed E-state index contributed by atoms with van der Waals surface area (Å²) in [5, 5.41) is 4.52. The number of hydrogen-bond donors (Lipinski definition) is 1. The summed E-state index contributed by atoms with van der Waals surface area (Å²) in [6, 6.07) is 4.62. The topological polar surface area (TPSA) is 21.3 Å². The van der Waals surface area contributed by atoms with E-state index in [0.29, 0.717) is 12.0 Å². The van der Waals surface area contributed by atoms with E-state index >= 15 is 0 Å². The zero-order valence-corrected chi connectivity index (χ0v) is 13.6. The molecule has 0 amide bonds. The van der Waals surface area contributed by atoms with Gasteiger partial charge in [0.1, 0.15) is 5.75 Å². The highest BCUT2D eigenvalue weighted by atomic mass is 35.5. The number of nitrogens with one attached hydrogen (secondary N) is 1. The van der Waals surface area contributed by atoms with Crippen LogP contribution in [0.4, 0.5) is 0 Å². The van der Waals surface area contributed by atoms with E-state index in [9.17, 15) is 0 Å². The van der Waals surface area contributed by atoms with E-state index in [1.165, 1.54) is 17.5 Å². The van der Waals surface area contributed by atoms with Gasteiger partial charge in [0.15, 0.2) is 0 Å². The predicted octanol–water partition coefficient (Wildman–Crippen LogP) is 4.23. The van der Waals surface area contributed by atoms with Gasteiger partial charge in [-0.05, 0) is 48.6 Å². The van der Waals surface area contributed by atoms with Crippen molar-refractivity contribution in [3.8, 4) is 5.75 Å². The molecule has 1 aliphatic rings. The van der Waals surface area contributed by atoms with Crippen LogP contribution < -0.4 is 10.1 Å². The van der Waals surface area contributed by atoms with Gasteiger partial charge in [0.05, 0.1) is 6.61 Å². The largest absolute Gasteiger partial charge is 0.493 e. The third kappa shape index (κ3) is 3.67. The minimum Gasteiger partial charge on any atom is -0.493 e. The first-order chi connectivity index (χ1) is 9.65. The zero-order chi connectivity index (χ0) is 14.5. The first-order valence-electron chi connectivity index (χ1n) is 7.83. The lowest BCUT2D eigenvalue weighted by atomic mass is 9.91. The van der Waals surface area contributed by atoms with Gasteiger partial charge in [0, 0.05) is 17.5 Å². The van der Waals surface area contributed by atoms with Gasteiger partial charge in [-0.15, -0.1) is 0 Å². The van der Waals surface area contributed by atoms with Crippen molar-refractivity contribution in [2.45, 2.75) is 52.5 Å². The second kappa shape index (κ2) is 7.33. The Morgan fingerprint density at radius 2 is 2.15 bits per heavy atom. The molecule has 0 saturated carbocycles. The normalized spacial score (nSPS) is 16.6. The van der Waals surface area contributed by atoms with Crippen molar-refractivity contribution in [3.63, 3.8) is 0 Å². The molecular weight excluding hydrogens is 270 g/mol. The summed E-state index contributed by atoms with van der Waals surface area (Å²) in [4.78, 5) is 0. The molecule has 0 radical (unpaired) electrons. The molecule has 1 N–H and O–H groups in total. The highest BCUT2D eigenvalue weighted by molar-refractivity contribution is 6.30. The van der Waals surface area contributed by atoms with Crippen LogP contribution in [0.15, 0.2) is 12.1 Å². The van der Waals surface area contributed by atoms with Crippen LogP contribution in [0.2, 0.25) is 5.02 Å². The van der Waals surface area contributed by atoms with Gasteiger partial charge in [-0.2, -0.15) is 0 Å². The maximum absolute atomic E-state index is 6.25. The predicted molar refractivity (Wildman–Crippen MR) is 85.9 cm³/mol. The lowest BCUT2D eigenvalue weighted by Crippen LogP contribution is -2.37. The maximum atomic E-state index is 6.25. The van der Waals surface area contributed by atoms with Crippen molar-refractivity contribution in [3.05, 3.63) is 28.3 Å². The van der Waals surface area contributed by atoms with Crippen molar-refractivity contribution in [1.82, 2.24) is 5.32 Å². The molecule has 1 aliphatic heterocycles. The Labute approximate surface area is 127 Å². The number of hydrogen-bond acceptors (Lipinski definition) is 2. The molecule has 2 unspecified atom stereocenters. The van der Waals surface area contributed by atoms with E-state index in [2.05, 4.69) is 32.2 Å². The molecule has 2 nitrogen and oxygen atoms in total. The summed E-state index contributed by atoms with van der Waals surface area (Å²) in [6.45, 7) is 8.64. The van der Waals surface area contributed by atoms with Gasteiger partial charge in [-0.1, -0.05) is 38.8 Å². The van der Waals surface area contributed by atoms with E-state index in [0.717, 1.165) is 43.2 Å². The summed E-state index contributed by atoms with van der Waals surface area (Å²) in [6.07, 6.45) is 4.33. The van der Waals surface area contributed by atoms with E-state index in [-0.39, 0.29) is 0 Å². The molecule has 2 rings (SSSR count). The second-order valence-corrected chi connectivity index (χ2v) is 6.24. The lowest BCUT2D eigenvalue weighted by Gasteiger charge is -2.25. The highest BCUT2D eigenvalue weighted by Crippen LogP contribution is 2.34. The Bertz CT molecular complexity index is 447. The fraction of sp³-hybridized carbons (Fsp3) is 0.647. The van der Waals surface area contributed by atoms with Crippen LogP contribution in [0.25, 0.3) is 0 Å². The average Bonchev–Trinajstić information content (AvgIpc) is 2.90. The van der Waals surface area contributed by atoms with Gasteiger partial charge < -0.3 is 10.1 Å². The molecule has 0 bridgehead atoms. The second-order valence-electron chi connectivity index (χ2n) is 5.80. The minimum absolute atomic E-state index is 0.492. The summed E-state index contributed by atoms with van der Waals surface area (Å²) < 4.78 is 5.82. The number of halogens is 1. The Balaban J connectivity index is 2.17. The number of fused-ring (bicyclic) bond motifs is 1. The van der Waals surface area contributed by atoms with Crippen LogP contribution in [0.5, 0.6) is 5.75 Å². The molecule has 0 aromatic heterocycles. The standard InChI is InChI=1S/C17H26ClNO/c1-4-7-19-16(12(3)5-2)11-14-10-15(18)9-13-6-8-20-17(13)14/h9-10,12,16,19H,4-8,11H2,1-3H3. The lowest BCUT2D eigenvalue weighted by molar-refractivity contribution is 0.339. The third-order valence-electron chi connectivity index (χ3n) is 4.25. The average molecular weight is 296 g/mol. The van der Waals surface area contributed by atoms with Gasteiger partial charge in [0.25, 0.3) is 0 Å². The van der Waals surface area contributed by atoms with E-state index in [1.807, 2.05) is 6.07 Å². The van der Waals surface area contributed by atoms with Crippen molar-refractivity contribution >= 4 is 11.6 Å². The molecule has 0 saturated heterocycles. The van der Waals surface area contributed by atoms with Crippen molar-refractivity contribution in [2.75, 3.05) is 13.2 Å². The van der Waals surface area contributed by atoms with Crippen LogP contribution in [0.1, 0.15) is 44.7 Å². The fourth-order valence-corrected chi connectivity index (χ4v) is 3.09. The van der Waals surface area contributed by atoms with Crippen LogP contribution in [0, 0.1) is 5.92 Å². The van der Waals surface area contributed by atoms with Crippen molar-refractivity contribution < 1.29 is 4.74 Å². The third-order valence-corrected chi connectivity index (χ3v) is 4.47. The molecule has 20 heavy (non-hydrogen) atoms. The van der Waals surface area contributed by atoms with E-state index in [4.69, 9.17) is 16.3 Å². The molecule has 0 aliphatic carbocycles. The molecule has 0 fully saturated rings. The molecule has 112 valence electrons. The van der Waals surface area contributed by atoms with Crippen LogP contribution in [-0.4, -0.2) is 19.2 Å². The van der Waals surface area contributed by atoms with Crippen molar-refractivity contribution in [1.29, 1.82) is 0 Å². The van der Waals surface area contributed by atoms with E-state index in [1.54, 1.807) is 0 Å². The van der Waals surface area contributed by atoms with Crippen LogP contribution in [-0.2, 0) is 12.8 Å². The number of rotatable bonds is 7. The molecule has 2 atom stereocenters. The maximum Gasteiger partial charge on any atom is 0.125 e. The highest BCUT2D eigenvalue weighted by Gasteiger charge is 2.22. The Morgan fingerprint density at radius 1 is 1.35 bits per heavy atom. The van der Waals surface area contributed by atoms with Gasteiger partial charge >= 0.3 is 0 Å². The molecule has 1 aromatic rings. The van der Waals surface area contributed by atoms with Gasteiger partial charge in [0.2, 0.25) is 0 Å². The molecule has 3 heteroatoms. The first kappa shape index (κ1) is 15.7. The van der Waals surface area contributed by atoms with E-state index < -0.39 is 0 Å². The minimum atomic E-state index is 0.492. The molecule has 1 heterocycles. The SMILES string of the molecule is CCCNC(Cc1cc(Cl)cc2c1OCC2)C(C)CC. The van der Waals surface area contributed by atoms with Gasteiger partial charge in [-0.25, -0.2) is 0 Å².